The number of halogens is 1. The fourth-order valence-electron chi connectivity index (χ4n) is 0.0325. The van der Waals surface area contributed by atoms with Crippen LogP contribution in [0.15, 0.2) is 0 Å². The van der Waals surface area contributed by atoms with E-state index in [4.69, 9.17) is 4.55 Å². The summed E-state index contributed by atoms with van der Waals surface area (Å²) in [5.41, 5.74) is 0. The van der Waals surface area contributed by atoms with Crippen LogP contribution < -0.4 is 59.1 Å². The fourth-order valence-corrected chi connectivity index (χ4v) is 0.292. The third kappa shape index (κ3) is 17.8. The Morgan fingerprint density at radius 1 is 1.44 bits per heavy atom. The molecule has 0 aliphatic carbocycles. The maximum atomic E-state index is 9.36. The number of rotatable bonds is 2. The third-order valence-corrected chi connectivity index (χ3v) is 0.489. The van der Waals surface area contributed by atoms with E-state index in [-0.39, 0.29) is 62.0 Å². The second-order valence-electron chi connectivity index (χ2n) is 0.559. The molecule has 0 saturated heterocycles. The van der Waals surface area contributed by atoms with Gasteiger partial charge in [0.15, 0.2) is 0 Å². The maximum Gasteiger partial charge on any atom is 1.00 e. The first-order valence-corrected chi connectivity index (χ1v) is 2.68. The van der Waals surface area contributed by atoms with E-state index >= 15 is 0 Å². The molecular weight excluding hydrogens is 193 g/mol. The molecule has 48 valence electrons. The van der Waals surface area contributed by atoms with E-state index in [0.29, 0.717) is 0 Å². The summed E-state index contributed by atoms with van der Waals surface area (Å²) in [6.45, 7) is 0. The molecule has 0 aromatic carbocycles. The van der Waals surface area contributed by atoms with Crippen LogP contribution in [-0.4, -0.2) is 13.0 Å². The fraction of sp³-hybridized carbons (Fsp3) is 0. The van der Waals surface area contributed by atoms with Gasteiger partial charge >= 0.3 is 69.5 Å². The average Bonchev–Trinajstić information content (AvgIpc) is 1.30. The topological polar surface area (TPSA) is 72.8 Å². The number of hydrogen-bond donors (Lipinski definition) is 1. The van der Waals surface area contributed by atoms with Gasteiger partial charge in [0.2, 0.25) is 0 Å². The third-order valence-electron chi connectivity index (χ3n) is 0.112. The molecule has 0 spiro atoms. The van der Waals surface area contributed by atoms with E-state index in [9.17, 15) is 8.42 Å². The van der Waals surface area contributed by atoms with Crippen molar-refractivity contribution in [2.24, 2.45) is 0 Å². The molecule has 9 heteroatoms. The van der Waals surface area contributed by atoms with E-state index in [1.165, 1.54) is 0 Å². The maximum absolute atomic E-state index is 9.36. The molecule has 0 radical (unpaired) electrons. The Hall–Kier alpha value is 2.12. The molecule has 1 N–H and O–H groups in total. The van der Waals surface area contributed by atoms with Gasteiger partial charge in [-0.3, -0.25) is 4.55 Å². The van der Waals surface area contributed by atoms with Gasteiger partial charge in [0, 0.05) is 0 Å². The standard InChI is InChI=1S/ClHO5S.2Na.2H/c1-5-6-7(2,3)4;;;;/h(H,2,3,4);;;;/q;2*+1;2*-1. The summed E-state index contributed by atoms with van der Waals surface area (Å²) >= 11 is 4.22. The number of hydrogen-bond acceptors (Lipinski definition) is 4. The smallest absolute Gasteiger partial charge is 1.00 e. The van der Waals surface area contributed by atoms with Crippen LogP contribution in [0.25, 0.3) is 0 Å². The molecular formula is H3ClNa2O5S. The zero-order chi connectivity index (χ0) is 5.91. The first-order valence-electron chi connectivity index (χ1n) is 1.00. The molecule has 0 amide bonds. The molecule has 0 bridgehead atoms. The van der Waals surface area contributed by atoms with Crippen molar-refractivity contribution in [2.75, 3.05) is 0 Å². The molecule has 0 rings (SSSR count). The molecule has 0 aromatic heterocycles. The zero-order valence-electron chi connectivity index (χ0n) is 6.87. The van der Waals surface area contributed by atoms with Gasteiger partial charge in [-0.2, -0.15) is 8.42 Å². The van der Waals surface area contributed by atoms with Crippen molar-refractivity contribution in [1.29, 1.82) is 0 Å². The second-order valence-corrected chi connectivity index (χ2v) is 1.68. The molecule has 0 aromatic rings. The first kappa shape index (κ1) is 17.3. The Bertz CT molecular complexity index is 135. The van der Waals surface area contributed by atoms with E-state index in [0.717, 1.165) is 0 Å². The van der Waals surface area contributed by atoms with Crippen LogP contribution in [-0.2, 0) is 19.2 Å². The monoisotopic (exact) mass is 196 g/mol. The van der Waals surface area contributed by atoms with Gasteiger partial charge in [0.25, 0.3) is 0 Å². The minimum atomic E-state index is -4.53. The summed E-state index contributed by atoms with van der Waals surface area (Å²) in [4.78, 5) is 0. The molecule has 9 heavy (non-hydrogen) atoms. The Morgan fingerprint density at radius 3 is 1.78 bits per heavy atom. The van der Waals surface area contributed by atoms with Gasteiger partial charge in [-0.05, 0) is 0 Å². The van der Waals surface area contributed by atoms with Crippen molar-refractivity contribution >= 4 is 22.3 Å². The van der Waals surface area contributed by atoms with Crippen LogP contribution in [0.5, 0.6) is 0 Å². The Labute approximate surface area is 105 Å². The Kier molecular flexibility index (Phi) is 15.8. The van der Waals surface area contributed by atoms with Gasteiger partial charge in [-0.15, -0.1) is 4.44 Å². The summed E-state index contributed by atoms with van der Waals surface area (Å²) in [7, 11) is -4.53. The van der Waals surface area contributed by atoms with E-state index < -0.39 is 10.4 Å². The molecule has 0 unspecified atom stereocenters. The molecule has 0 heterocycles. The molecule has 0 atom stereocenters. The minimum Gasteiger partial charge on any atom is -1.00 e. The van der Waals surface area contributed by atoms with E-state index in [1.54, 1.807) is 0 Å². The summed E-state index contributed by atoms with van der Waals surface area (Å²) in [5.74, 6) is 0. The van der Waals surface area contributed by atoms with Crippen molar-refractivity contribution < 1.29 is 83.7 Å². The second kappa shape index (κ2) is 8.22. The normalized spacial score (nSPS) is 9.11. The van der Waals surface area contributed by atoms with Crippen LogP contribution in [0.4, 0.5) is 0 Å². The molecule has 0 saturated carbocycles. The zero-order valence-corrected chi connectivity index (χ0v) is 10.4. The predicted molar refractivity (Wildman–Crippen MR) is 21.8 cm³/mol. The van der Waals surface area contributed by atoms with Crippen LogP contribution >= 0.6 is 11.9 Å². The molecule has 0 fully saturated rings. The van der Waals surface area contributed by atoms with Crippen molar-refractivity contribution in [1.82, 2.24) is 0 Å². The first-order chi connectivity index (χ1) is 3.06. The Balaban J connectivity index is -0.0000000300. The summed E-state index contributed by atoms with van der Waals surface area (Å²) in [6.07, 6.45) is 0. The van der Waals surface area contributed by atoms with Crippen LogP contribution in [0, 0.1) is 0 Å². The van der Waals surface area contributed by atoms with Crippen molar-refractivity contribution in [3.8, 4) is 0 Å². The SMILES string of the molecule is O=S(=O)(O)OOCl.[H-].[H-].[Na+].[Na+]. The molecule has 0 aliphatic rings. The minimum absolute atomic E-state index is 0. The van der Waals surface area contributed by atoms with Crippen LogP contribution in [0.1, 0.15) is 2.85 Å². The van der Waals surface area contributed by atoms with Crippen molar-refractivity contribution in [3.63, 3.8) is 0 Å². The van der Waals surface area contributed by atoms with Gasteiger partial charge in [0.1, 0.15) is 11.9 Å². The summed E-state index contributed by atoms with van der Waals surface area (Å²) < 4.78 is 32.3. The van der Waals surface area contributed by atoms with Crippen LogP contribution in [0.3, 0.4) is 0 Å². The van der Waals surface area contributed by atoms with Gasteiger partial charge in [-0.25, -0.2) is 0 Å². The van der Waals surface area contributed by atoms with Gasteiger partial charge in [-0.1, -0.05) is 4.33 Å². The predicted octanol–water partition coefficient (Wildman–Crippen LogP) is -5.88. The van der Waals surface area contributed by atoms with Crippen molar-refractivity contribution in [3.05, 3.63) is 0 Å². The van der Waals surface area contributed by atoms with Gasteiger partial charge < -0.3 is 2.85 Å². The average molecular weight is 197 g/mol. The largest absolute Gasteiger partial charge is 1.00 e. The van der Waals surface area contributed by atoms with E-state index in [2.05, 4.69) is 20.6 Å². The van der Waals surface area contributed by atoms with Crippen LogP contribution in [0.2, 0.25) is 0 Å². The molecule has 5 nitrogen and oxygen atoms in total. The summed E-state index contributed by atoms with van der Waals surface area (Å²) in [6, 6.07) is 0. The summed E-state index contributed by atoms with van der Waals surface area (Å²) in [5, 5.41) is 0. The van der Waals surface area contributed by atoms with E-state index in [1.807, 2.05) is 0 Å². The Morgan fingerprint density at radius 2 is 1.78 bits per heavy atom. The quantitative estimate of drug-likeness (QED) is 0.206. The van der Waals surface area contributed by atoms with Gasteiger partial charge in [0.05, 0.1) is 0 Å². The van der Waals surface area contributed by atoms with Crippen molar-refractivity contribution in [2.45, 2.75) is 0 Å². The molecule has 0 aliphatic heterocycles.